The Kier molecular flexibility index (Phi) is 3.55. The van der Waals surface area contributed by atoms with Crippen molar-refractivity contribution < 1.29 is 9.13 Å². The number of fused-ring (bicyclic) bond motifs is 1. The summed E-state index contributed by atoms with van der Waals surface area (Å²) in [5.41, 5.74) is 1.32. The van der Waals surface area contributed by atoms with Gasteiger partial charge in [0, 0.05) is 12.7 Å². The average molecular weight is 362 g/mol. The number of hydrogen-bond donors (Lipinski definition) is 0. The molecule has 0 saturated carbocycles. The van der Waals surface area contributed by atoms with E-state index in [0.717, 1.165) is 17.8 Å². The van der Waals surface area contributed by atoms with Gasteiger partial charge in [0.05, 0.1) is 33.0 Å². The molecule has 0 radical (unpaired) electrons. The predicted molar refractivity (Wildman–Crippen MR) is 80.7 cm³/mol. The Hall–Kier alpha value is -0.650. The second-order valence-corrected chi connectivity index (χ2v) is 6.98. The summed E-state index contributed by atoms with van der Waals surface area (Å²) in [6.07, 6.45) is 0.893. The lowest BCUT2D eigenvalue weighted by Crippen LogP contribution is -2.32. The smallest absolute Gasteiger partial charge is 0.139 e. The van der Waals surface area contributed by atoms with Crippen LogP contribution in [0.2, 0.25) is 0 Å². The van der Waals surface area contributed by atoms with Gasteiger partial charge in [-0.05, 0) is 42.3 Å². The lowest BCUT2D eigenvalue weighted by Gasteiger charge is -2.28. The standard InChI is InChI=1S/C14H15BrClFN2O/c1-8(16)13-18-11-6-10(17)9(15)5-12(11)19(13)14(2)3-4-20-7-14/h5-6,8H,3-4,7H2,1-2H3. The predicted octanol–water partition coefficient (Wildman–Crippen LogP) is 4.37. The summed E-state index contributed by atoms with van der Waals surface area (Å²) in [5, 5.41) is -0.248. The zero-order valence-corrected chi connectivity index (χ0v) is 13.6. The van der Waals surface area contributed by atoms with Crippen molar-refractivity contribution in [2.45, 2.75) is 31.2 Å². The van der Waals surface area contributed by atoms with Crippen LogP contribution < -0.4 is 0 Å². The number of nitrogens with zero attached hydrogens (tertiary/aromatic N) is 2. The van der Waals surface area contributed by atoms with Gasteiger partial charge in [-0.25, -0.2) is 9.37 Å². The van der Waals surface area contributed by atoms with Crippen LogP contribution in [0.15, 0.2) is 16.6 Å². The molecule has 2 unspecified atom stereocenters. The van der Waals surface area contributed by atoms with Gasteiger partial charge in [-0.2, -0.15) is 0 Å². The number of imidazole rings is 1. The Balaban J connectivity index is 2.31. The summed E-state index contributed by atoms with van der Waals surface area (Å²) in [6.45, 7) is 5.34. The Bertz CT molecular complexity index is 665. The molecule has 1 fully saturated rings. The van der Waals surface area contributed by atoms with Crippen LogP contribution in [0.3, 0.4) is 0 Å². The molecular formula is C14H15BrClFN2O. The average Bonchev–Trinajstić information content (AvgIpc) is 2.95. The second-order valence-electron chi connectivity index (χ2n) is 5.48. The Labute approximate surface area is 130 Å². The molecule has 0 bridgehead atoms. The van der Waals surface area contributed by atoms with E-state index < -0.39 is 0 Å². The minimum absolute atomic E-state index is 0.190. The molecule has 2 heterocycles. The lowest BCUT2D eigenvalue weighted by molar-refractivity contribution is 0.162. The van der Waals surface area contributed by atoms with Crippen LogP contribution >= 0.6 is 27.5 Å². The van der Waals surface area contributed by atoms with E-state index in [4.69, 9.17) is 16.3 Å². The molecule has 108 valence electrons. The van der Waals surface area contributed by atoms with Crippen LogP contribution in [0, 0.1) is 5.82 Å². The number of alkyl halides is 1. The van der Waals surface area contributed by atoms with Gasteiger partial charge in [0.1, 0.15) is 11.6 Å². The van der Waals surface area contributed by atoms with Crippen molar-refractivity contribution in [3.63, 3.8) is 0 Å². The SMILES string of the molecule is CC(Cl)c1nc2cc(F)c(Br)cc2n1C1(C)CCOC1. The second kappa shape index (κ2) is 4.97. The highest BCUT2D eigenvalue weighted by Gasteiger charge is 2.36. The van der Waals surface area contributed by atoms with Gasteiger partial charge in [-0.15, -0.1) is 11.6 Å². The van der Waals surface area contributed by atoms with Gasteiger partial charge in [-0.3, -0.25) is 0 Å². The van der Waals surface area contributed by atoms with Crippen molar-refractivity contribution in [2.75, 3.05) is 13.2 Å². The largest absolute Gasteiger partial charge is 0.379 e. The monoisotopic (exact) mass is 360 g/mol. The van der Waals surface area contributed by atoms with E-state index >= 15 is 0 Å². The lowest BCUT2D eigenvalue weighted by atomic mass is 10.0. The molecule has 1 aromatic heterocycles. The summed E-state index contributed by atoms with van der Waals surface area (Å²) in [4.78, 5) is 4.52. The summed E-state index contributed by atoms with van der Waals surface area (Å²) in [7, 11) is 0. The van der Waals surface area contributed by atoms with Crippen molar-refractivity contribution >= 4 is 38.6 Å². The van der Waals surface area contributed by atoms with Crippen LogP contribution in [0.25, 0.3) is 11.0 Å². The maximum atomic E-state index is 13.7. The van der Waals surface area contributed by atoms with Crippen LogP contribution in [0.5, 0.6) is 0 Å². The van der Waals surface area contributed by atoms with Crippen molar-refractivity contribution in [2.24, 2.45) is 0 Å². The first-order valence-electron chi connectivity index (χ1n) is 6.52. The van der Waals surface area contributed by atoms with E-state index in [1.807, 2.05) is 6.92 Å². The fourth-order valence-electron chi connectivity index (χ4n) is 2.76. The highest BCUT2D eigenvalue weighted by atomic mass is 79.9. The van der Waals surface area contributed by atoms with Crippen molar-refractivity contribution in [1.82, 2.24) is 9.55 Å². The van der Waals surface area contributed by atoms with Gasteiger partial charge < -0.3 is 9.30 Å². The van der Waals surface area contributed by atoms with E-state index in [1.165, 1.54) is 6.07 Å². The Morgan fingerprint density at radius 3 is 2.90 bits per heavy atom. The minimum Gasteiger partial charge on any atom is -0.379 e. The molecule has 1 aromatic carbocycles. The fraction of sp³-hybridized carbons (Fsp3) is 0.500. The van der Waals surface area contributed by atoms with E-state index in [0.29, 0.717) is 23.2 Å². The van der Waals surface area contributed by atoms with E-state index in [-0.39, 0.29) is 16.7 Å². The van der Waals surface area contributed by atoms with Crippen molar-refractivity contribution in [3.8, 4) is 0 Å². The molecule has 20 heavy (non-hydrogen) atoms. The summed E-state index contributed by atoms with van der Waals surface area (Å²) >= 11 is 9.51. The minimum atomic E-state index is -0.316. The third kappa shape index (κ3) is 2.16. The summed E-state index contributed by atoms with van der Waals surface area (Å²) in [5.74, 6) is 0.441. The molecule has 0 aliphatic carbocycles. The van der Waals surface area contributed by atoms with Crippen LogP contribution in [0.4, 0.5) is 4.39 Å². The third-order valence-electron chi connectivity index (χ3n) is 3.82. The topological polar surface area (TPSA) is 27.1 Å². The number of benzene rings is 1. The van der Waals surface area contributed by atoms with Gasteiger partial charge in [0.25, 0.3) is 0 Å². The van der Waals surface area contributed by atoms with Crippen LogP contribution in [-0.4, -0.2) is 22.8 Å². The number of halogens is 3. The van der Waals surface area contributed by atoms with Crippen LogP contribution in [0.1, 0.15) is 31.5 Å². The third-order valence-corrected chi connectivity index (χ3v) is 4.62. The molecule has 0 spiro atoms. The highest BCUT2D eigenvalue weighted by Crippen LogP contribution is 2.37. The zero-order valence-electron chi connectivity index (χ0n) is 11.3. The van der Waals surface area contributed by atoms with Gasteiger partial charge in [-0.1, -0.05) is 0 Å². The fourth-order valence-corrected chi connectivity index (χ4v) is 3.24. The van der Waals surface area contributed by atoms with Crippen molar-refractivity contribution in [3.05, 3.63) is 28.2 Å². The van der Waals surface area contributed by atoms with E-state index in [2.05, 4.69) is 32.4 Å². The summed E-state index contributed by atoms with van der Waals surface area (Å²) < 4.78 is 21.8. The summed E-state index contributed by atoms with van der Waals surface area (Å²) in [6, 6.07) is 3.21. The number of rotatable bonds is 2. The van der Waals surface area contributed by atoms with Gasteiger partial charge in [0.2, 0.25) is 0 Å². The molecule has 3 rings (SSSR count). The molecule has 2 atom stereocenters. The van der Waals surface area contributed by atoms with Crippen LogP contribution in [-0.2, 0) is 10.3 Å². The zero-order chi connectivity index (χ0) is 14.5. The normalized spacial score (nSPS) is 24.4. The van der Waals surface area contributed by atoms with E-state index in [9.17, 15) is 4.39 Å². The molecule has 0 N–H and O–H groups in total. The number of ether oxygens (including phenoxy) is 1. The van der Waals surface area contributed by atoms with Gasteiger partial charge in [0.15, 0.2) is 0 Å². The Morgan fingerprint density at radius 1 is 1.55 bits per heavy atom. The molecule has 1 saturated heterocycles. The molecule has 2 aromatic rings. The van der Waals surface area contributed by atoms with Gasteiger partial charge >= 0.3 is 0 Å². The van der Waals surface area contributed by atoms with Crippen molar-refractivity contribution in [1.29, 1.82) is 0 Å². The quantitative estimate of drug-likeness (QED) is 0.743. The maximum absolute atomic E-state index is 13.7. The molecule has 6 heteroatoms. The first-order chi connectivity index (χ1) is 9.42. The Morgan fingerprint density at radius 2 is 2.30 bits per heavy atom. The molecule has 3 nitrogen and oxygen atoms in total. The first-order valence-corrected chi connectivity index (χ1v) is 7.75. The van der Waals surface area contributed by atoms with E-state index in [1.54, 1.807) is 6.07 Å². The number of hydrogen-bond acceptors (Lipinski definition) is 2. The highest BCUT2D eigenvalue weighted by molar-refractivity contribution is 9.10. The first kappa shape index (κ1) is 14.3. The maximum Gasteiger partial charge on any atom is 0.139 e. The molecule has 0 amide bonds. The molecule has 1 aliphatic rings. The number of aromatic nitrogens is 2. The molecule has 1 aliphatic heterocycles. The molecular weight excluding hydrogens is 347 g/mol.